The minimum absolute atomic E-state index is 0.156. The van der Waals surface area contributed by atoms with Gasteiger partial charge in [-0.15, -0.1) is 11.6 Å². The third kappa shape index (κ3) is 3.83. The lowest BCUT2D eigenvalue weighted by Crippen LogP contribution is -2.13. The van der Waals surface area contributed by atoms with Crippen molar-refractivity contribution in [2.75, 3.05) is 0 Å². The van der Waals surface area contributed by atoms with Gasteiger partial charge in [0.25, 0.3) is 0 Å². The maximum absolute atomic E-state index is 12.3. The monoisotopic (exact) mass is 319 g/mol. The number of carbonyl (C=O) groups excluding carboxylic acids is 2. The summed E-state index contributed by atoms with van der Waals surface area (Å²) in [6, 6.07) is 9.69. The number of pyridine rings is 1. The van der Waals surface area contributed by atoms with Crippen LogP contribution in [0.3, 0.4) is 0 Å². The average molecular weight is 320 g/mol. The minimum Gasteiger partial charge on any atom is -0.426 e. The summed E-state index contributed by atoms with van der Waals surface area (Å²) in [7, 11) is 0. The number of ether oxygens (including phenoxy) is 2. The lowest BCUT2D eigenvalue weighted by Gasteiger charge is -2.10. The van der Waals surface area contributed by atoms with E-state index in [9.17, 15) is 9.59 Å². The molecule has 2 rings (SSSR count). The maximum atomic E-state index is 12.3. The van der Waals surface area contributed by atoms with Crippen molar-refractivity contribution in [1.29, 1.82) is 0 Å². The van der Waals surface area contributed by atoms with Gasteiger partial charge in [0.1, 0.15) is 11.3 Å². The lowest BCUT2D eigenvalue weighted by molar-refractivity contribution is -0.131. The summed E-state index contributed by atoms with van der Waals surface area (Å²) >= 11 is 5.70. The molecule has 5 nitrogen and oxygen atoms in total. The van der Waals surface area contributed by atoms with Crippen LogP contribution in [0.4, 0.5) is 0 Å². The Morgan fingerprint density at radius 2 is 1.82 bits per heavy atom. The largest absolute Gasteiger partial charge is 0.426 e. The summed E-state index contributed by atoms with van der Waals surface area (Å²) in [5.74, 6) is -0.367. The van der Waals surface area contributed by atoms with Crippen LogP contribution < -0.4 is 9.47 Å². The van der Waals surface area contributed by atoms with Crippen LogP contribution in [0, 0.1) is 6.92 Å². The summed E-state index contributed by atoms with van der Waals surface area (Å²) in [5, 5.41) is 0. The van der Waals surface area contributed by atoms with E-state index < -0.39 is 11.9 Å². The first-order chi connectivity index (χ1) is 10.5. The van der Waals surface area contributed by atoms with Crippen molar-refractivity contribution in [1.82, 2.24) is 4.98 Å². The topological polar surface area (TPSA) is 65.5 Å². The highest BCUT2D eigenvalue weighted by atomic mass is 35.5. The van der Waals surface area contributed by atoms with E-state index in [2.05, 4.69) is 4.98 Å². The normalized spacial score (nSPS) is 10.1. The Morgan fingerprint density at radius 1 is 1.09 bits per heavy atom. The Bertz CT molecular complexity index is 715. The Hall–Kier alpha value is -2.40. The van der Waals surface area contributed by atoms with Gasteiger partial charge >= 0.3 is 11.9 Å². The van der Waals surface area contributed by atoms with Crippen LogP contribution in [0.1, 0.15) is 28.7 Å². The third-order valence-electron chi connectivity index (χ3n) is 2.80. The van der Waals surface area contributed by atoms with Crippen molar-refractivity contribution >= 4 is 23.5 Å². The second-order valence-electron chi connectivity index (χ2n) is 4.50. The van der Waals surface area contributed by atoms with Crippen LogP contribution in [0.5, 0.6) is 11.5 Å². The number of nitrogens with zero attached hydrogens (tertiary/aromatic N) is 1. The molecule has 22 heavy (non-hydrogen) atoms. The second kappa shape index (κ2) is 7.04. The number of hydrogen-bond acceptors (Lipinski definition) is 5. The number of esters is 2. The van der Waals surface area contributed by atoms with Crippen molar-refractivity contribution in [2.24, 2.45) is 0 Å². The van der Waals surface area contributed by atoms with E-state index >= 15 is 0 Å². The molecule has 0 fully saturated rings. The molecule has 0 saturated heterocycles. The van der Waals surface area contributed by atoms with Crippen molar-refractivity contribution < 1.29 is 19.1 Å². The molecule has 1 aromatic heterocycles. The van der Waals surface area contributed by atoms with E-state index in [-0.39, 0.29) is 17.2 Å². The van der Waals surface area contributed by atoms with Gasteiger partial charge in [-0.3, -0.25) is 9.78 Å². The van der Waals surface area contributed by atoms with Gasteiger partial charge < -0.3 is 9.47 Å². The van der Waals surface area contributed by atoms with Gasteiger partial charge in [-0.2, -0.15) is 0 Å². The third-order valence-corrected chi connectivity index (χ3v) is 3.07. The van der Waals surface area contributed by atoms with Gasteiger partial charge in [0, 0.05) is 6.92 Å². The zero-order valence-electron chi connectivity index (χ0n) is 12.1. The predicted molar refractivity (Wildman–Crippen MR) is 81.2 cm³/mol. The lowest BCUT2D eigenvalue weighted by atomic mass is 10.2. The molecule has 0 aliphatic heterocycles. The summed E-state index contributed by atoms with van der Waals surface area (Å²) < 4.78 is 10.3. The van der Waals surface area contributed by atoms with E-state index in [0.29, 0.717) is 17.1 Å². The van der Waals surface area contributed by atoms with E-state index in [1.54, 1.807) is 31.2 Å². The highest BCUT2D eigenvalue weighted by molar-refractivity contribution is 6.16. The van der Waals surface area contributed by atoms with Crippen molar-refractivity contribution in [3.8, 4) is 11.5 Å². The molecule has 0 unspecified atom stereocenters. The number of halogens is 1. The van der Waals surface area contributed by atoms with Crippen LogP contribution >= 0.6 is 11.6 Å². The van der Waals surface area contributed by atoms with Crippen LogP contribution in [0.15, 0.2) is 36.4 Å². The van der Waals surface area contributed by atoms with Gasteiger partial charge in [0.15, 0.2) is 5.75 Å². The van der Waals surface area contributed by atoms with Crippen LogP contribution in [-0.2, 0) is 10.7 Å². The van der Waals surface area contributed by atoms with Gasteiger partial charge in [-0.1, -0.05) is 12.1 Å². The molecular formula is C16H14ClNO4. The van der Waals surface area contributed by atoms with E-state index in [1.165, 1.54) is 19.1 Å². The highest BCUT2D eigenvalue weighted by Crippen LogP contribution is 2.23. The van der Waals surface area contributed by atoms with Gasteiger partial charge in [-0.05, 0) is 31.2 Å². The van der Waals surface area contributed by atoms with Crippen molar-refractivity contribution in [2.45, 2.75) is 19.7 Å². The predicted octanol–water partition coefficient (Wildman–Crippen LogP) is 3.27. The Balaban J connectivity index is 2.24. The van der Waals surface area contributed by atoms with Gasteiger partial charge in [0.05, 0.1) is 17.3 Å². The van der Waals surface area contributed by atoms with E-state index in [0.717, 1.165) is 0 Å². The first kappa shape index (κ1) is 16.0. The van der Waals surface area contributed by atoms with Gasteiger partial charge in [0.2, 0.25) is 0 Å². The molecule has 0 amide bonds. The molecule has 6 heteroatoms. The van der Waals surface area contributed by atoms with Gasteiger partial charge in [-0.25, -0.2) is 4.79 Å². The summed E-state index contributed by atoms with van der Waals surface area (Å²) in [6.07, 6.45) is 0. The van der Waals surface area contributed by atoms with Crippen LogP contribution in [-0.4, -0.2) is 16.9 Å². The molecule has 114 valence electrons. The quantitative estimate of drug-likeness (QED) is 0.491. The molecular weight excluding hydrogens is 306 g/mol. The maximum Gasteiger partial charge on any atom is 0.347 e. The minimum atomic E-state index is -0.625. The molecule has 2 aromatic rings. The molecule has 0 saturated carbocycles. The first-order valence-electron chi connectivity index (χ1n) is 6.53. The Morgan fingerprint density at radius 3 is 2.45 bits per heavy atom. The Labute approximate surface area is 132 Å². The molecule has 0 aliphatic rings. The smallest absolute Gasteiger partial charge is 0.347 e. The zero-order valence-corrected chi connectivity index (χ0v) is 12.9. The summed E-state index contributed by atoms with van der Waals surface area (Å²) in [4.78, 5) is 27.5. The molecule has 0 bridgehead atoms. The highest BCUT2D eigenvalue weighted by Gasteiger charge is 2.17. The molecule has 0 spiro atoms. The fourth-order valence-corrected chi connectivity index (χ4v) is 1.97. The molecule has 0 atom stereocenters. The van der Waals surface area contributed by atoms with E-state index in [1.807, 2.05) is 0 Å². The Kier molecular flexibility index (Phi) is 5.12. The number of alkyl halides is 1. The van der Waals surface area contributed by atoms with E-state index in [4.69, 9.17) is 21.1 Å². The van der Waals surface area contributed by atoms with Crippen molar-refractivity contribution in [3.05, 3.63) is 53.3 Å². The number of rotatable bonds is 4. The molecule has 0 radical (unpaired) electrons. The number of aromatic nitrogens is 1. The second-order valence-corrected chi connectivity index (χ2v) is 4.77. The molecule has 0 N–H and O–H groups in total. The van der Waals surface area contributed by atoms with Crippen LogP contribution in [0.25, 0.3) is 0 Å². The number of benzene rings is 1. The number of para-hydroxylation sites is 1. The standard InChI is InChI=1S/C16H14ClNO4/c1-10-14(8-7-12(9-17)18-10)22-16(20)13-5-3-4-6-15(13)21-11(2)19/h3-8H,9H2,1-2H3. The zero-order chi connectivity index (χ0) is 16.1. The number of carbonyl (C=O) groups is 2. The SMILES string of the molecule is CC(=O)Oc1ccccc1C(=O)Oc1ccc(CCl)nc1C. The fourth-order valence-electron chi connectivity index (χ4n) is 1.82. The fraction of sp³-hybridized carbons (Fsp3) is 0.188. The molecule has 0 aliphatic carbocycles. The number of aryl methyl sites for hydroxylation is 1. The molecule has 1 heterocycles. The number of hydrogen-bond donors (Lipinski definition) is 0. The van der Waals surface area contributed by atoms with Crippen LogP contribution in [0.2, 0.25) is 0 Å². The molecule has 1 aromatic carbocycles. The summed E-state index contributed by atoms with van der Waals surface area (Å²) in [6.45, 7) is 2.98. The van der Waals surface area contributed by atoms with Crippen molar-refractivity contribution in [3.63, 3.8) is 0 Å². The average Bonchev–Trinajstić information content (AvgIpc) is 2.49. The first-order valence-corrected chi connectivity index (χ1v) is 7.07. The summed E-state index contributed by atoms with van der Waals surface area (Å²) in [5.41, 5.74) is 1.41.